The van der Waals surface area contributed by atoms with Crippen LogP contribution in [-0.4, -0.2) is 20.9 Å². The van der Waals surface area contributed by atoms with Crippen LogP contribution in [0, 0.1) is 6.07 Å². The second-order valence-corrected chi connectivity index (χ2v) is 7.95. The van der Waals surface area contributed by atoms with Crippen LogP contribution in [0.1, 0.15) is 36.2 Å². The maximum atomic E-state index is 10.0. The maximum absolute atomic E-state index is 10.0. The Labute approximate surface area is 207 Å². The summed E-state index contributed by atoms with van der Waals surface area (Å²) in [6.07, 6.45) is 4.87. The summed E-state index contributed by atoms with van der Waals surface area (Å²) >= 11 is 0. The SMILES string of the molecule is CC(=O)/C=C(/C)O.[Pt].[c-]1ccnc2c1-c1ncccc1C21c2ccccc2-c2ccccc21. The fraction of sp³-hybridized carbons (Fsp3) is 0.107. The van der Waals surface area contributed by atoms with Crippen molar-refractivity contribution in [1.82, 2.24) is 9.97 Å². The summed E-state index contributed by atoms with van der Waals surface area (Å²) in [5, 5.41) is 8.36. The largest absolute Gasteiger partial charge is 0.512 e. The van der Waals surface area contributed by atoms with E-state index in [-0.39, 0.29) is 38.0 Å². The van der Waals surface area contributed by atoms with Gasteiger partial charge in [0.1, 0.15) is 0 Å². The van der Waals surface area contributed by atoms with E-state index in [1.165, 1.54) is 47.7 Å². The number of carbonyl (C=O) groups is 1. The third-order valence-electron chi connectivity index (χ3n) is 5.91. The minimum atomic E-state index is -0.385. The van der Waals surface area contributed by atoms with E-state index in [4.69, 9.17) is 15.1 Å². The van der Waals surface area contributed by atoms with Gasteiger partial charge in [-0.05, 0) is 53.6 Å². The predicted octanol–water partition coefficient (Wildman–Crippen LogP) is 5.65. The Morgan fingerprint density at radius 1 is 0.879 bits per heavy atom. The van der Waals surface area contributed by atoms with Crippen molar-refractivity contribution in [3.63, 3.8) is 0 Å². The molecule has 0 bridgehead atoms. The fourth-order valence-corrected chi connectivity index (χ4v) is 4.94. The molecule has 0 saturated carbocycles. The molecule has 0 amide bonds. The van der Waals surface area contributed by atoms with Crippen LogP contribution in [0.4, 0.5) is 0 Å². The van der Waals surface area contributed by atoms with Crippen LogP contribution < -0.4 is 0 Å². The van der Waals surface area contributed by atoms with Crippen molar-refractivity contribution in [2.24, 2.45) is 0 Å². The van der Waals surface area contributed by atoms with Gasteiger partial charge in [0.2, 0.25) is 0 Å². The van der Waals surface area contributed by atoms with Gasteiger partial charge in [0, 0.05) is 38.8 Å². The average molecular weight is 613 g/mol. The number of aromatic nitrogens is 2. The first-order chi connectivity index (χ1) is 15.5. The molecule has 166 valence electrons. The number of hydrogen-bond donors (Lipinski definition) is 1. The van der Waals surface area contributed by atoms with E-state index in [1.54, 1.807) is 0 Å². The molecule has 0 radical (unpaired) electrons. The zero-order valence-electron chi connectivity index (χ0n) is 18.1. The number of aliphatic hydroxyl groups is 1. The normalized spacial score (nSPS) is 13.6. The second kappa shape index (κ2) is 8.88. The molecule has 0 atom stereocenters. The number of fused-ring (bicyclic) bond motifs is 10. The molecular weight excluding hydrogens is 591 g/mol. The standard InChI is InChI=1S/C23H13N2.C5H8O2.Pt/c1-3-10-18-15(7-1)16-8-2-4-11-19(16)23(18)20-12-6-13-24-21(20)17-9-5-14-25-22(17)23;1-4(6)3-5(2)7;/h1-8,10-14H;3,6H,1-2H3;/q-1;;/b;4-3-;. The molecule has 33 heavy (non-hydrogen) atoms. The van der Waals surface area contributed by atoms with Crippen LogP contribution in [0.25, 0.3) is 22.4 Å². The first-order valence-corrected chi connectivity index (χ1v) is 10.5. The zero-order valence-corrected chi connectivity index (χ0v) is 20.4. The first-order valence-electron chi connectivity index (χ1n) is 10.5. The van der Waals surface area contributed by atoms with Crippen LogP contribution in [0.2, 0.25) is 0 Å². The summed E-state index contributed by atoms with van der Waals surface area (Å²) in [7, 11) is 0. The number of aliphatic hydroxyl groups excluding tert-OH is 1. The zero-order chi connectivity index (χ0) is 22.3. The van der Waals surface area contributed by atoms with Crippen molar-refractivity contribution in [3.8, 4) is 22.4 Å². The van der Waals surface area contributed by atoms with E-state index >= 15 is 0 Å². The number of pyridine rings is 2. The van der Waals surface area contributed by atoms with Crippen LogP contribution in [0.15, 0.2) is 91.0 Å². The van der Waals surface area contributed by atoms with Gasteiger partial charge in [0.25, 0.3) is 0 Å². The quantitative estimate of drug-likeness (QED) is 0.148. The Kier molecular flexibility index (Phi) is 6.14. The summed E-state index contributed by atoms with van der Waals surface area (Å²) in [6.45, 7) is 2.85. The van der Waals surface area contributed by atoms with Crippen LogP contribution in [0.5, 0.6) is 0 Å². The topological polar surface area (TPSA) is 63.1 Å². The summed E-state index contributed by atoms with van der Waals surface area (Å²) in [5.74, 6) is -0.0625. The van der Waals surface area contributed by atoms with Crippen molar-refractivity contribution in [3.05, 3.63) is 119 Å². The average Bonchev–Trinajstić information content (AvgIpc) is 3.26. The molecule has 1 spiro atoms. The van der Waals surface area contributed by atoms with Crippen molar-refractivity contribution in [2.45, 2.75) is 19.3 Å². The molecular formula is C28H21N2O2Pt-. The summed E-state index contributed by atoms with van der Waals surface area (Å²) in [6, 6.07) is 26.8. The third-order valence-corrected chi connectivity index (χ3v) is 5.91. The fourth-order valence-electron chi connectivity index (χ4n) is 4.94. The van der Waals surface area contributed by atoms with E-state index in [1.807, 2.05) is 24.5 Å². The van der Waals surface area contributed by atoms with E-state index in [9.17, 15) is 4.79 Å². The Morgan fingerprint density at radius 2 is 1.48 bits per heavy atom. The number of hydrogen-bond acceptors (Lipinski definition) is 4. The van der Waals surface area contributed by atoms with Gasteiger partial charge in [-0.1, -0.05) is 66.4 Å². The van der Waals surface area contributed by atoms with Crippen molar-refractivity contribution in [1.29, 1.82) is 0 Å². The van der Waals surface area contributed by atoms with Crippen molar-refractivity contribution < 1.29 is 31.0 Å². The molecule has 0 unspecified atom stereocenters. The number of rotatable bonds is 1. The van der Waals surface area contributed by atoms with E-state index in [0.717, 1.165) is 17.0 Å². The van der Waals surface area contributed by atoms with Gasteiger partial charge in [-0.25, -0.2) is 0 Å². The van der Waals surface area contributed by atoms with Crippen molar-refractivity contribution >= 4 is 5.78 Å². The Hall–Kier alpha value is -3.36. The molecule has 2 aromatic heterocycles. The van der Waals surface area contributed by atoms with E-state index < -0.39 is 0 Å². The predicted molar refractivity (Wildman–Crippen MR) is 124 cm³/mol. The first kappa shape index (κ1) is 22.8. The Bertz CT molecular complexity index is 1200. The maximum Gasteiger partial charge on any atom is 0.155 e. The molecule has 6 rings (SSSR count). The molecule has 0 fully saturated rings. The Morgan fingerprint density at radius 3 is 2.06 bits per heavy atom. The molecule has 0 aliphatic heterocycles. The molecule has 2 heterocycles. The minimum absolute atomic E-state index is 0. The van der Waals surface area contributed by atoms with Gasteiger partial charge < -0.3 is 15.1 Å². The molecule has 0 saturated heterocycles. The molecule has 2 aliphatic carbocycles. The van der Waals surface area contributed by atoms with Gasteiger partial charge in [-0.3, -0.25) is 4.79 Å². The van der Waals surface area contributed by atoms with Gasteiger partial charge in [0.05, 0.1) is 5.76 Å². The summed E-state index contributed by atoms with van der Waals surface area (Å²) < 4.78 is 0. The van der Waals surface area contributed by atoms with Crippen molar-refractivity contribution in [2.75, 3.05) is 0 Å². The smallest absolute Gasteiger partial charge is 0.155 e. The third kappa shape index (κ3) is 3.46. The number of allylic oxidation sites excluding steroid dienone is 2. The van der Waals surface area contributed by atoms with Gasteiger partial charge in [0.15, 0.2) is 5.78 Å². The van der Waals surface area contributed by atoms with Gasteiger partial charge >= 0.3 is 0 Å². The van der Waals surface area contributed by atoms with Gasteiger partial charge in [-0.15, -0.1) is 17.7 Å². The molecule has 5 heteroatoms. The number of ketones is 1. The molecule has 2 aliphatic rings. The number of benzene rings is 2. The van der Waals surface area contributed by atoms with E-state index in [0.29, 0.717) is 0 Å². The summed E-state index contributed by atoms with van der Waals surface area (Å²) in [4.78, 5) is 19.5. The van der Waals surface area contributed by atoms with E-state index in [2.05, 4.69) is 60.7 Å². The number of carbonyl (C=O) groups excluding carboxylic acids is 1. The monoisotopic (exact) mass is 612 g/mol. The second-order valence-electron chi connectivity index (χ2n) is 7.95. The molecule has 2 aromatic carbocycles. The van der Waals surface area contributed by atoms with Crippen LogP contribution in [0.3, 0.4) is 0 Å². The molecule has 1 N–H and O–H groups in total. The van der Waals surface area contributed by atoms with Crippen LogP contribution in [-0.2, 0) is 31.3 Å². The summed E-state index contributed by atoms with van der Waals surface area (Å²) in [5.41, 5.74) is 9.02. The minimum Gasteiger partial charge on any atom is -0.512 e. The van der Waals surface area contributed by atoms with Crippen LogP contribution >= 0.6 is 0 Å². The Balaban J connectivity index is 0.000000287. The van der Waals surface area contributed by atoms with Gasteiger partial charge in [-0.2, -0.15) is 0 Å². The number of nitrogens with zero attached hydrogens (tertiary/aromatic N) is 2. The molecule has 4 aromatic rings. The molecule has 4 nitrogen and oxygen atoms in total.